The van der Waals surface area contributed by atoms with E-state index in [0.29, 0.717) is 18.1 Å². The summed E-state index contributed by atoms with van der Waals surface area (Å²) in [6, 6.07) is 8.43. The average Bonchev–Trinajstić information content (AvgIpc) is 2.18. The largest absolute Gasteiger partial charge is 0.425 e. The molecule has 0 aliphatic heterocycles. The lowest BCUT2D eigenvalue weighted by atomic mass is 10.1. The Hall–Kier alpha value is -1.35. The van der Waals surface area contributed by atoms with Crippen LogP contribution < -0.4 is 10.5 Å². The predicted octanol–water partition coefficient (Wildman–Crippen LogP) is 1.97. The number of carbonyl (C=O) groups is 1. The van der Waals surface area contributed by atoms with Crippen LogP contribution in [-0.4, -0.2) is 12.0 Å². The second-order valence-electron chi connectivity index (χ2n) is 3.97. The van der Waals surface area contributed by atoms with E-state index in [1.807, 2.05) is 32.0 Å². The SMILES string of the molecule is CC(C)C[C@H](N)C(=O)Oc1ccccc1. The van der Waals surface area contributed by atoms with Gasteiger partial charge in [-0.15, -0.1) is 0 Å². The van der Waals surface area contributed by atoms with Gasteiger partial charge >= 0.3 is 5.97 Å². The van der Waals surface area contributed by atoms with E-state index in [1.165, 1.54) is 0 Å². The highest BCUT2D eigenvalue weighted by molar-refractivity contribution is 5.77. The highest BCUT2D eigenvalue weighted by atomic mass is 16.5. The Labute approximate surface area is 90.2 Å². The molecule has 3 nitrogen and oxygen atoms in total. The molecule has 0 amide bonds. The quantitative estimate of drug-likeness (QED) is 0.606. The van der Waals surface area contributed by atoms with Crippen molar-refractivity contribution in [2.75, 3.05) is 0 Å². The Morgan fingerprint density at radius 3 is 2.47 bits per heavy atom. The Balaban J connectivity index is 2.49. The van der Waals surface area contributed by atoms with Gasteiger partial charge in [0.1, 0.15) is 11.8 Å². The van der Waals surface area contributed by atoms with Crippen LogP contribution in [0.1, 0.15) is 20.3 Å². The molecule has 15 heavy (non-hydrogen) atoms. The number of carbonyl (C=O) groups excluding carboxylic acids is 1. The molecule has 1 atom stereocenters. The first-order valence-corrected chi connectivity index (χ1v) is 5.12. The fourth-order valence-electron chi connectivity index (χ4n) is 1.28. The average molecular weight is 207 g/mol. The Morgan fingerprint density at radius 1 is 1.33 bits per heavy atom. The molecule has 82 valence electrons. The highest BCUT2D eigenvalue weighted by Crippen LogP contribution is 2.11. The van der Waals surface area contributed by atoms with Gasteiger partial charge in [-0.1, -0.05) is 32.0 Å². The van der Waals surface area contributed by atoms with E-state index in [2.05, 4.69) is 0 Å². The maximum absolute atomic E-state index is 11.5. The van der Waals surface area contributed by atoms with E-state index in [9.17, 15) is 4.79 Å². The van der Waals surface area contributed by atoms with E-state index < -0.39 is 6.04 Å². The molecule has 1 aromatic rings. The third-order valence-corrected chi connectivity index (χ3v) is 1.99. The van der Waals surface area contributed by atoms with Crippen molar-refractivity contribution in [1.82, 2.24) is 0 Å². The lowest BCUT2D eigenvalue weighted by Gasteiger charge is -2.12. The number of hydrogen-bond acceptors (Lipinski definition) is 3. The summed E-state index contributed by atoms with van der Waals surface area (Å²) in [6.07, 6.45) is 0.645. The van der Waals surface area contributed by atoms with E-state index in [4.69, 9.17) is 10.5 Å². The molecule has 3 heteroatoms. The monoisotopic (exact) mass is 207 g/mol. The molecule has 2 N–H and O–H groups in total. The van der Waals surface area contributed by atoms with Crippen molar-refractivity contribution in [2.24, 2.45) is 11.7 Å². The minimum absolute atomic E-state index is 0.366. The predicted molar refractivity (Wildman–Crippen MR) is 59.5 cm³/mol. The van der Waals surface area contributed by atoms with Crippen LogP contribution in [0.15, 0.2) is 30.3 Å². The van der Waals surface area contributed by atoms with Gasteiger partial charge in [-0.2, -0.15) is 0 Å². The minimum Gasteiger partial charge on any atom is -0.425 e. The van der Waals surface area contributed by atoms with E-state index in [0.717, 1.165) is 0 Å². The van der Waals surface area contributed by atoms with Gasteiger partial charge in [0.05, 0.1) is 0 Å². The molecule has 0 radical (unpaired) electrons. The van der Waals surface area contributed by atoms with Crippen LogP contribution in [-0.2, 0) is 4.79 Å². The number of esters is 1. The van der Waals surface area contributed by atoms with Crippen LogP contribution in [0, 0.1) is 5.92 Å². The molecule has 1 aromatic carbocycles. The second-order valence-corrected chi connectivity index (χ2v) is 3.97. The molecule has 0 aliphatic rings. The Bertz CT molecular complexity index is 309. The van der Waals surface area contributed by atoms with Crippen molar-refractivity contribution < 1.29 is 9.53 Å². The smallest absolute Gasteiger partial charge is 0.328 e. The third-order valence-electron chi connectivity index (χ3n) is 1.99. The van der Waals surface area contributed by atoms with Gasteiger partial charge in [-0.05, 0) is 24.5 Å². The zero-order valence-electron chi connectivity index (χ0n) is 9.14. The first-order valence-electron chi connectivity index (χ1n) is 5.12. The summed E-state index contributed by atoms with van der Waals surface area (Å²) >= 11 is 0. The van der Waals surface area contributed by atoms with Crippen molar-refractivity contribution in [2.45, 2.75) is 26.3 Å². The highest BCUT2D eigenvalue weighted by Gasteiger charge is 2.16. The van der Waals surface area contributed by atoms with Crippen molar-refractivity contribution in [3.8, 4) is 5.75 Å². The van der Waals surface area contributed by atoms with Crippen LogP contribution in [0.2, 0.25) is 0 Å². The molecule has 1 rings (SSSR count). The zero-order valence-corrected chi connectivity index (χ0v) is 9.14. The molecule has 0 saturated carbocycles. The molecular weight excluding hydrogens is 190 g/mol. The minimum atomic E-state index is -0.537. The van der Waals surface area contributed by atoms with Crippen molar-refractivity contribution in [3.05, 3.63) is 30.3 Å². The number of para-hydroxylation sites is 1. The summed E-state index contributed by atoms with van der Waals surface area (Å²) in [5, 5.41) is 0. The standard InChI is InChI=1S/C12H17NO2/c1-9(2)8-11(13)12(14)15-10-6-4-3-5-7-10/h3-7,9,11H,8,13H2,1-2H3/t11-/m0/s1. The normalized spacial score (nSPS) is 12.5. The van der Waals surface area contributed by atoms with Gasteiger partial charge in [-0.25, -0.2) is 4.79 Å². The van der Waals surface area contributed by atoms with Gasteiger partial charge in [0.15, 0.2) is 0 Å². The van der Waals surface area contributed by atoms with Crippen molar-refractivity contribution in [1.29, 1.82) is 0 Å². The fourth-order valence-corrected chi connectivity index (χ4v) is 1.28. The molecule has 0 aliphatic carbocycles. The summed E-state index contributed by atoms with van der Waals surface area (Å²) in [5.74, 6) is 0.569. The zero-order chi connectivity index (χ0) is 11.3. The van der Waals surface area contributed by atoms with Gasteiger partial charge in [0.25, 0.3) is 0 Å². The van der Waals surface area contributed by atoms with Gasteiger partial charge in [0, 0.05) is 0 Å². The Morgan fingerprint density at radius 2 is 1.93 bits per heavy atom. The summed E-state index contributed by atoms with van der Waals surface area (Å²) in [5.41, 5.74) is 5.69. The van der Waals surface area contributed by atoms with Crippen LogP contribution in [0.25, 0.3) is 0 Å². The van der Waals surface area contributed by atoms with Crippen LogP contribution in [0.4, 0.5) is 0 Å². The lowest BCUT2D eigenvalue weighted by Crippen LogP contribution is -2.35. The van der Waals surface area contributed by atoms with E-state index >= 15 is 0 Å². The van der Waals surface area contributed by atoms with E-state index in [1.54, 1.807) is 12.1 Å². The molecule has 0 spiro atoms. The molecule has 0 aromatic heterocycles. The first kappa shape index (κ1) is 11.7. The van der Waals surface area contributed by atoms with Crippen LogP contribution in [0.3, 0.4) is 0 Å². The molecular formula is C12H17NO2. The summed E-state index contributed by atoms with van der Waals surface area (Å²) in [4.78, 5) is 11.5. The van der Waals surface area contributed by atoms with Crippen LogP contribution >= 0.6 is 0 Å². The molecule has 0 unspecified atom stereocenters. The summed E-state index contributed by atoms with van der Waals surface area (Å²) < 4.78 is 5.11. The molecule has 0 heterocycles. The summed E-state index contributed by atoms with van der Waals surface area (Å²) in [7, 11) is 0. The topological polar surface area (TPSA) is 52.3 Å². The Kier molecular flexibility index (Phi) is 4.31. The maximum Gasteiger partial charge on any atom is 0.328 e. The number of nitrogens with two attached hydrogens (primary N) is 1. The number of benzene rings is 1. The molecule has 0 bridgehead atoms. The van der Waals surface area contributed by atoms with Gasteiger partial charge in [0.2, 0.25) is 0 Å². The van der Waals surface area contributed by atoms with Crippen molar-refractivity contribution in [3.63, 3.8) is 0 Å². The molecule has 0 fully saturated rings. The third kappa shape index (κ3) is 4.13. The lowest BCUT2D eigenvalue weighted by molar-refractivity contribution is -0.136. The number of hydrogen-bond donors (Lipinski definition) is 1. The maximum atomic E-state index is 11.5. The second kappa shape index (κ2) is 5.51. The number of ether oxygens (including phenoxy) is 1. The van der Waals surface area contributed by atoms with Crippen LogP contribution in [0.5, 0.6) is 5.75 Å². The number of rotatable bonds is 4. The van der Waals surface area contributed by atoms with E-state index in [-0.39, 0.29) is 5.97 Å². The first-order chi connectivity index (χ1) is 7.09. The molecule has 0 saturated heterocycles. The van der Waals surface area contributed by atoms with Crippen molar-refractivity contribution >= 4 is 5.97 Å². The van der Waals surface area contributed by atoms with Gasteiger partial charge in [-0.3, -0.25) is 0 Å². The summed E-state index contributed by atoms with van der Waals surface area (Å²) in [6.45, 7) is 4.05. The fraction of sp³-hybridized carbons (Fsp3) is 0.417. The van der Waals surface area contributed by atoms with Gasteiger partial charge < -0.3 is 10.5 Å².